The number of hydrogen-bond donors (Lipinski definition) is 0. The summed E-state index contributed by atoms with van der Waals surface area (Å²) in [6, 6.07) is 6.10. The highest BCUT2D eigenvalue weighted by Crippen LogP contribution is 2.73. The fourth-order valence-electron chi connectivity index (χ4n) is 5.88. The zero-order valence-corrected chi connectivity index (χ0v) is 16.6. The Labute approximate surface area is 172 Å². The Morgan fingerprint density at radius 2 is 1.90 bits per heavy atom. The van der Waals surface area contributed by atoms with Crippen LogP contribution < -0.4 is 4.74 Å². The molecule has 4 nitrogen and oxygen atoms in total. The van der Waals surface area contributed by atoms with E-state index in [1.165, 1.54) is 31.4 Å². The van der Waals surface area contributed by atoms with Crippen LogP contribution in [-0.2, 0) is 11.3 Å². The molecule has 30 heavy (non-hydrogen) atoms. The van der Waals surface area contributed by atoms with E-state index in [-0.39, 0.29) is 23.3 Å². The summed E-state index contributed by atoms with van der Waals surface area (Å²) in [4.78, 5) is 0. The van der Waals surface area contributed by atoms with E-state index in [9.17, 15) is 13.2 Å². The molecule has 160 valence electrons. The quantitative estimate of drug-likeness (QED) is 0.558. The summed E-state index contributed by atoms with van der Waals surface area (Å²) in [6.07, 6.45) is 3.72. The van der Waals surface area contributed by atoms with E-state index in [0.29, 0.717) is 17.7 Å². The van der Waals surface area contributed by atoms with Gasteiger partial charge >= 0.3 is 6.36 Å². The first kappa shape index (κ1) is 18.7. The molecule has 4 aliphatic carbocycles. The summed E-state index contributed by atoms with van der Waals surface area (Å²) >= 11 is 0. The monoisotopic (exact) mass is 419 g/mol. The lowest BCUT2D eigenvalue weighted by Gasteiger charge is -2.44. The number of hydrogen-bond acceptors (Lipinski definition) is 4. The number of aromatic nitrogens is 1. The van der Waals surface area contributed by atoms with Crippen LogP contribution in [0.5, 0.6) is 5.75 Å². The molecule has 7 heteroatoms. The van der Waals surface area contributed by atoms with Gasteiger partial charge in [0.25, 0.3) is 0 Å². The third-order valence-corrected chi connectivity index (χ3v) is 7.74. The fourth-order valence-corrected chi connectivity index (χ4v) is 5.88. The van der Waals surface area contributed by atoms with Crippen LogP contribution in [0.15, 0.2) is 28.8 Å². The molecule has 6 rings (SSSR count). The first-order valence-electron chi connectivity index (χ1n) is 10.9. The summed E-state index contributed by atoms with van der Waals surface area (Å²) in [6.45, 7) is 0.322. The summed E-state index contributed by atoms with van der Waals surface area (Å²) in [5.74, 6) is 2.38. The lowest BCUT2D eigenvalue weighted by Crippen LogP contribution is -2.38. The van der Waals surface area contributed by atoms with Gasteiger partial charge in [0.15, 0.2) is 0 Å². The van der Waals surface area contributed by atoms with Gasteiger partial charge in [0.05, 0.1) is 12.7 Å². The van der Waals surface area contributed by atoms with E-state index in [0.717, 1.165) is 48.8 Å². The standard InChI is InChI=1S/C23H24F3NO3/c24-23(25,26)29-19-4-2-1-3-17(19)20-18(21(30-27-20)13-5-6-13)12-28-16-9-14-7-8-22(14)11-15(22)10-16/h1-4,13-16H,5-12H2/t14-,15?,16-,22?/m0/s1. The van der Waals surface area contributed by atoms with Gasteiger partial charge in [0.1, 0.15) is 17.2 Å². The Bertz CT molecular complexity index is 967. The topological polar surface area (TPSA) is 44.5 Å². The lowest BCUT2D eigenvalue weighted by molar-refractivity contribution is -0.274. The number of rotatable bonds is 6. The average Bonchev–Trinajstić information content (AvgIpc) is 3.60. The molecular weight excluding hydrogens is 395 g/mol. The molecule has 4 atom stereocenters. The van der Waals surface area contributed by atoms with E-state index < -0.39 is 6.36 Å². The van der Waals surface area contributed by atoms with Crippen LogP contribution in [0.2, 0.25) is 0 Å². The van der Waals surface area contributed by atoms with Gasteiger partial charge < -0.3 is 14.0 Å². The van der Waals surface area contributed by atoms with Crippen LogP contribution in [0.25, 0.3) is 11.3 Å². The second-order valence-electron chi connectivity index (χ2n) is 9.47. The van der Waals surface area contributed by atoms with Crippen molar-refractivity contribution in [3.05, 3.63) is 35.6 Å². The maximum atomic E-state index is 12.9. The fraction of sp³-hybridized carbons (Fsp3) is 0.609. The molecule has 0 saturated heterocycles. The summed E-state index contributed by atoms with van der Waals surface area (Å²) in [5.41, 5.74) is 2.11. The number of halogens is 3. The van der Waals surface area contributed by atoms with Gasteiger partial charge in [-0.25, -0.2) is 0 Å². The molecule has 1 spiro atoms. The number of benzene rings is 1. The molecule has 1 aromatic carbocycles. The molecule has 4 aliphatic rings. The minimum atomic E-state index is -4.77. The molecule has 2 unspecified atom stereocenters. The molecule has 1 heterocycles. The van der Waals surface area contributed by atoms with E-state index in [4.69, 9.17) is 9.26 Å². The third kappa shape index (κ3) is 3.13. The highest BCUT2D eigenvalue weighted by Gasteiger charge is 2.66. The molecule has 2 aromatic rings. The van der Waals surface area contributed by atoms with E-state index in [1.54, 1.807) is 12.1 Å². The Balaban J connectivity index is 1.26. The molecule has 0 aliphatic heterocycles. The molecule has 4 saturated carbocycles. The van der Waals surface area contributed by atoms with Gasteiger partial charge in [-0.2, -0.15) is 0 Å². The maximum Gasteiger partial charge on any atom is 0.573 e. The Hall–Kier alpha value is -2.02. The number of nitrogens with zero attached hydrogens (tertiary/aromatic N) is 1. The second-order valence-corrected chi connectivity index (χ2v) is 9.47. The lowest BCUT2D eigenvalue weighted by atomic mass is 9.63. The van der Waals surface area contributed by atoms with Gasteiger partial charge in [-0.3, -0.25) is 0 Å². The SMILES string of the molecule is FC(F)(F)Oc1ccccc1-c1noc(C2CC2)c1CO[C@@H]1CC2CC23CC[C@H]3C1. The Morgan fingerprint density at radius 1 is 1.10 bits per heavy atom. The second kappa shape index (κ2) is 6.49. The summed E-state index contributed by atoms with van der Waals surface area (Å²) in [7, 11) is 0. The van der Waals surface area contributed by atoms with Gasteiger partial charge in [-0.15, -0.1) is 13.2 Å². The van der Waals surface area contributed by atoms with Crippen LogP contribution in [0, 0.1) is 17.3 Å². The van der Waals surface area contributed by atoms with Crippen molar-refractivity contribution in [2.24, 2.45) is 17.3 Å². The van der Waals surface area contributed by atoms with Crippen LogP contribution in [-0.4, -0.2) is 17.6 Å². The Kier molecular flexibility index (Phi) is 4.05. The highest BCUT2D eigenvalue weighted by molar-refractivity contribution is 5.70. The van der Waals surface area contributed by atoms with Crippen LogP contribution in [0.4, 0.5) is 13.2 Å². The van der Waals surface area contributed by atoms with E-state index >= 15 is 0 Å². The number of ether oxygens (including phenoxy) is 2. The normalized spacial score (nSPS) is 32.2. The van der Waals surface area contributed by atoms with Crippen molar-refractivity contribution in [3.8, 4) is 17.0 Å². The predicted molar refractivity (Wildman–Crippen MR) is 102 cm³/mol. The number of alkyl halides is 3. The van der Waals surface area contributed by atoms with Crippen molar-refractivity contribution in [3.63, 3.8) is 0 Å². The van der Waals surface area contributed by atoms with E-state index in [1.807, 2.05) is 0 Å². The molecule has 0 N–H and O–H groups in total. The molecule has 1 aromatic heterocycles. The third-order valence-electron chi connectivity index (χ3n) is 7.74. The summed E-state index contributed by atoms with van der Waals surface area (Å²) < 4.78 is 54.9. The Morgan fingerprint density at radius 3 is 2.60 bits per heavy atom. The minimum absolute atomic E-state index is 0.215. The zero-order chi connectivity index (χ0) is 20.5. The van der Waals surface area contributed by atoms with Crippen molar-refractivity contribution in [1.82, 2.24) is 5.16 Å². The summed E-state index contributed by atoms with van der Waals surface area (Å²) in [5, 5.41) is 4.16. The van der Waals surface area contributed by atoms with Crippen molar-refractivity contribution in [2.45, 2.75) is 69.9 Å². The molecule has 0 amide bonds. The minimum Gasteiger partial charge on any atom is -0.405 e. The highest BCUT2D eigenvalue weighted by atomic mass is 19.4. The van der Waals surface area contributed by atoms with Gasteiger partial charge in [0.2, 0.25) is 0 Å². The first-order valence-corrected chi connectivity index (χ1v) is 10.9. The zero-order valence-electron chi connectivity index (χ0n) is 16.6. The van der Waals surface area contributed by atoms with E-state index in [2.05, 4.69) is 9.89 Å². The average molecular weight is 419 g/mol. The van der Waals surface area contributed by atoms with Crippen molar-refractivity contribution in [2.75, 3.05) is 0 Å². The first-order chi connectivity index (χ1) is 14.4. The van der Waals surface area contributed by atoms with Crippen molar-refractivity contribution in [1.29, 1.82) is 0 Å². The number of para-hydroxylation sites is 1. The maximum absolute atomic E-state index is 12.9. The molecule has 0 bridgehead atoms. The van der Waals surface area contributed by atoms with Crippen LogP contribution >= 0.6 is 0 Å². The van der Waals surface area contributed by atoms with Crippen molar-refractivity contribution >= 4 is 0 Å². The van der Waals surface area contributed by atoms with Gasteiger partial charge in [-0.05, 0) is 74.3 Å². The molecule has 4 fully saturated rings. The molecule has 0 radical (unpaired) electrons. The van der Waals surface area contributed by atoms with Gasteiger partial charge in [0, 0.05) is 17.0 Å². The van der Waals surface area contributed by atoms with Crippen molar-refractivity contribution < 1.29 is 27.2 Å². The largest absolute Gasteiger partial charge is 0.573 e. The van der Waals surface area contributed by atoms with Crippen LogP contribution in [0.1, 0.15) is 62.2 Å². The molecular formula is C23H24F3NO3. The van der Waals surface area contributed by atoms with Gasteiger partial charge in [-0.1, -0.05) is 17.3 Å². The smallest absolute Gasteiger partial charge is 0.405 e. The predicted octanol–water partition coefficient (Wildman–Crippen LogP) is 6.21. The van der Waals surface area contributed by atoms with Crippen LogP contribution in [0.3, 0.4) is 0 Å².